The number of aliphatic carboxylic acids is 1. The molecule has 0 fully saturated rings. The third-order valence-corrected chi connectivity index (χ3v) is 2.72. The summed E-state index contributed by atoms with van der Waals surface area (Å²) in [5, 5.41) is 13.3. The number of thiazole rings is 1. The molecule has 0 aliphatic rings. The van der Waals surface area contributed by atoms with Crippen molar-refractivity contribution in [3.8, 4) is 0 Å². The summed E-state index contributed by atoms with van der Waals surface area (Å²) in [6, 6.07) is -1.26. The van der Waals surface area contributed by atoms with Gasteiger partial charge in [0.2, 0.25) is 0 Å². The van der Waals surface area contributed by atoms with Gasteiger partial charge < -0.3 is 15.7 Å². The van der Waals surface area contributed by atoms with Gasteiger partial charge in [-0.25, -0.2) is 9.78 Å². The molecule has 0 aliphatic heterocycles. The van der Waals surface area contributed by atoms with E-state index in [0.717, 1.165) is 0 Å². The van der Waals surface area contributed by atoms with Crippen LogP contribution in [0.4, 0.5) is 9.93 Å². The summed E-state index contributed by atoms with van der Waals surface area (Å²) >= 11 is 1.23. The highest BCUT2D eigenvalue weighted by molar-refractivity contribution is 7.13. The number of carboxylic acids is 1. The largest absolute Gasteiger partial charge is 0.480 e. The highest BCUT2D eigenvalue weighted by Gasteiger charge is 2.15. The van der Waals surface area contributed by atoms with Gasteiger partial charge in [0, 0.05) is 25.9 Å². The first-order valence-electron chi connectivity index (χ1n) is 4.81. The van der Waals surface area contributed by atoms with Gasteiger partial charge in [-0.2, -0.15) is 0 Å². The van der Waals surface area contributed by atoms with Crippen LogP contribution in [0, 0.1) is 0 Å². The van der Waals surface area contributed by atoms with E-state index < -0.39 is 12.0 Å². The summed E-state index contributed by atoms with van der Waals surface area (Å²) in [5.74, 6) is -1.07. The molecule has 7 nitrogen and oxygen atoms in total. The molecule has 8 heteroatoms. The maximum Gasteiger partial charge on any atom is 0.323 e. The smallest absolute Gasteiger partial charge is 0.323 e. The van der Waals surface area contributed by atoms with Crippen molar-refractivity contribution in [2.75, 3.05) is 19.4 Å². The molecule has 17 heavy (non-hydrogen) atoms. The van der Waals surface area contributed by atoms with Crippen LogP contribution < -0.4 is 11.1 Å². The van der Waals surface area contributed by atoms with E-state index in [2.05, 4.69) is 10.3 Å². The van der Waals surface area contributed by atoms with E-state index >= 15 is 0 Å². The normalized spacial score (nSPS) is 11.9. The van der Waals surface area contributed by atoms with Crippen molar-refractivity contribution < 1.29 is 14.7 Å². The molecule has 1 aromatic rings. The van der Waals surface area contributed by atoms with Crippen LogP contribution in [0.25, 0.3) is 0 Å². The number of aromatic nitrogens is 1. The highest BCUT2D eigenvalue weighted by Crippen LogP contribution is 2.16. The average molecular weight is 258 g/mol. The number of amides is 2. The molecular weight excluding hydrogens is 244 g/mol. The van der Waals surface area contributed by atoms with Gasteiger partial charge in [-0.15, -0.1) is 11.3 Å². The molecule has 94 valence electrons. The quantitative estimate of drug-likeness (QED) is 0.714. The Morgan fingerprint density at radius 2 is 2.29 bits per heavy atom. The lowest BCUT2D eigenvalue weighted by Gasteiger charge is -2.09. The maximum atomic E-state index is 11.3. The van der Waals surface area contributed by atoms with Crippen molar-refractivity contribution in [3.63, 3.8) is 0 Å². The molecule has 0 bridgehead atoms. The van der Waals surface area contributed by atoms with Crippen molar-refractivity contribution in [2.24, 2.45) is 5.73 Å². The van der Waals surface area contributed by atoms with E-state index in [-0.39, 0.29) is 12.5 Å². The summed E-state index contributed by atoms with van der Waals surface area (Å²) in [6.07, 6.45) is 0.143. The molecule has 1 rings (SSSR count). The summed E-state index contributed by atoms with van der Waals surface area (Å²) in [5.41, 5.74) is 5.93. The zero-order valence-electron chi connectivity index (χ0n) is 9.51. The zero-order chi connectivity index (χ0) is 13.0. The molecule has 0 aliphatic carbocycles. The van der Waals surface area contributed by atoms with Crippen LogP contribution in [0.3, 0.4) is 0 Å². The number of carbonyl (C=O) groups is 2. The number of nitrogens with two attached hydrogens (primary N) is 1. The second-order valence-corrected chi connectivity index (χ2v) is 4.48. The van der Waals surface area contributed by atoms with Crippen LogP contribution >= 0.6 is 11.3 Å². The summed E-state index contributed by atoms with van der Waals surface area (Å²) < 4.78 is 0. The van der Waals surface area contributed by atoms with E-state index in [4.69, 9.17) is 10.8 Å². The number of rotatable bonds is 4. The van der Waals surface area contributed by atoms with Gasteiger partial charge in [0.1, 0.15) is 6.04 Å². The number of anilines is 1. The van der Waals surface area contributed by atoms with Gasteiger partial charge in [0.05, 0.1) is 5.69 Å². The lowest BCUT2D eigenvalue weighted by molar-refractivity contribution is -0.138. The third kappa shape index (κ3) is 4.00. The summed E-state index contributed by atoms with van der Waals surface area (Å²) in [4.78, 5) is 27.3. The fourth-order valence-corrected chi connectivity index (χ4v) is 1.69. The molecule has 2 amide bonds. The van der Waals surface area contributed by atoms with Crippen LogP contribution in [-0.2, 0) is 11.2 Å². The second kappa shape index (κ2) is 5.60. The molecule has 0 radical (unpaired) electrons. The Hall–Kier alpha value is -1.67. The number of nitrogens with zero attached hydrogens (tertiary/aromatic N) is 2. The Morgan fingerprint density at radius 3 is 2.82 bits per heavy atom. The zero-order valence-corrected chi connectivity index (χ0v) is 10.3. The standard InChI is InChI=1S/C9H14N4O3S/c1-13(2)9(16)12-8-11-5(4-17-8)3-6(10)7(14)15/h4,6H,3,10H2,1-2H3,(H,14,15)(H,11,12,16). The Labute approximate surface area is 102 Å². The van der Waals surface area contributed by atoms with Gasteiger partial charge in [-0.05, 0) is 0 Å². The van der Waals surface area contributed by atoms with E-state index in [0.29, 0.717) is 10.8 Å². The molecule has 1 heterocycles. The lowest BCUT2D eigenvalue weighted by Crippen LogP contribution is -2.32. The van der Waals surface area contributed by atoms with Crippen LogP contribution in [0.1, 0.15) is 5.69 Å². The minimum Gasteiger partial charge on any atom is -0.480 e. The minimum absolute atomic E-state index is 0.143. The van der Waals surface area contributed by atoms with Crippen molar-refractivity contribution in [1.29, 1.82) is 0 Å². The molecule has 0 saturated carbocycles. The predicted molar refractivity (Wildman–Crippen MR) is 64.1 cm³/mol. The number of urea groups is 1. The van der Waals surface area contributed by atoms with Crippen molar-refractivity contribution in [2.45, 2.75) is 12.5 Å². The van der Waals surface area contributed by atoms with E-state index in [1.807, 2.05) is 0 Å². The third-order valence-electron chi connectivity index (χ3n) is 1.92. The van der Waals surface area contributed by atoms with Crippen molar-refractivity contribution in [3.05, 3.63) is 11.1 Å². The van der Waals surface area contributed by atoms with Crippen LogP contribution in [0.15, 0.2) is 5.38 Å². The van der Waals surface area contributed by atoms with Crippen molar-refractivity contribution in [1.82, 2.24) is 9.88 Å². The Bertz CT molecular complexity index is 418. The maximum absolute atomic E-state index is 11.3. The molecule has 4 N–H and O–H groups in total. The molecule has 0 aromatic carbocycles. The monoisotopic (exact) mass is 258 g/mol. The number of carbonyl (C=O) groups excluding carboxylic acids is 1. The molecule has 1 atom stereocenters. The van der Waals surface area contributed by atoms with Gasteiger partial charge in [0.15, 0.2) is 5.13 Å². The van der Waals surface area contributed by atoms with E-state index in [9.17, 15) is 9.59 Å². The number of hydrogen-bond donors (Lipinski definition) is 3. The predicted octanol–water partition coefficient (Wildman–Crippen LogP) is 0.191. The minimum atomic E-state index is -1.07. The first-order chi connectivity index (χ1) is 7.90. The molecule has 0 saturated heterocycles. The SMILES string of the molecule is CN(C)C(=O)Nc1nc(CC(N)C(=O)O)cs1. The molecule has 1 unspecified atom stereocenters. The Balaban J connectivity index is 2.59. The van der Waals surface area contributed by atoms with Crippen molar-refractivity contribution >= 4 is 28.5 Å². The first kappa shape index (κ1) is 13.4. The summed E-state index contributed by atoms with van der Waals surface area (Å²) in [6.45, 7) is 0. The van der Waals surface area contributed by atoms with E-state index in [1.54, 1.807) is 19.5 Å². The van der Waals surface area contributed by atoms with Gasteiger partial charge in [-0.3, -0.25) is 10.1 Å². The van der Waals surface area contributed by atoms with Crippen LogP contribution in [0.5, 0.6) is 0 Å². The fourth-order valence-electron chi connectivity index (χ4n) is 0.974. The Kier molecular flexibility index (Phi) is 4.41. The molecular formula is C9H14N4O3S. The molecule has 1 aromatic heterocycles. The average Bonchev–Trinajstić information content (AvgIpc) is 2.65. The Morgan fingerprint density at radius 1 is 1.65 bits per heavy atom. The first-order valence-corrected chi connectivity index (χ1v) is 5.69. The molecule has 0 spiro atoms. The second-order valence-electron chi connectivity index (χ2n) is 3.62. The van der Waals surface area contributed by atoms with Gasteiger partial charge >= 0.3 is 12.0 Å². The fraction of sp³-hybridized carbons (Fsp3) is 0.444. The van der Waals surface area contributed by atoms with Crippen LogP contribution in [0.2, 0.25) is 0 Å². The topological polar surface area (TPSA) is 109 Å². The highest BCUT2D eigenvalue weighted by atomic mass is 32.1. The number of carboxylic acid groups (broad SMARTS) is 1. The van der Waals surface area contributed by atoms with Crippen LogP contribution in [-0.4, -0.2) is 47.1 Å². The lowest BCUT2D eigenvalue weighted by atomic mass is 10.2. The van der Waals surface area contributed by atoms with Gasteiger partial charge in [-0.1, -0.05) is 0 Å². The van der Waals surface area contributed by atoms with E-state index in [1.165, 1.54) is 16.2 Å². The van der Waals surface area contributed by atoms with Gasteiger partial charge in [0.25, 0.3) is 0 Å². The number of hydrogen-bond acceptors (Lipinski definition) is 5. The number of nitrogens with one attached hydrogen (secondary N) is 1. The summed E-state index contributed by atoms with van der Waals surface area (Å²) in [7, 11) is 3.23.